The van der Waals surface area contributed by atoms with Gasteiger partial charge < -0.3 is 14.9 Å². The summed E-state index contributed by atoms with van der Waals surface area (Å²) in [7, 11) is 0. The maximum atomic E-state index is 12.7. The summed E-state index contributed by atoms with van der Waals surface area (Å²) < 4.78 is 5.79. The van der Waals surface area contributed by atoms with Gasteiger partial charge in [0, 0.05) is 29.2 Å². The number of carbonyl (C=O) groups is 3. The quantitative estimate of drug-likeness (QED) is 0.238. The van der Waals surface area contributed by atoms with Crippen molar-refractivity contribution in [2.75, 3.05) is 0 Å². The lowest BCUT2D eigenvalue weighted by Gasteiger charge is -2.57. The maximum Gasteiger partial charge on any atom is 0.303 e. The van der Waals surface area contributed by atoms with E-state index >= 15 is 0 Å². The molecule has 11 atom stereocenters. The molecule has 0 aromatic heterocycles. The average molecular weight is 701 g/mol. The van der Waals surface area contributed by atoms with E-state index in [1.807, 2.05) is 12.1 Å². The third kappa shape index (κ3) is 4.96. The Balaban J connectivity index is 0.000000161. The molecule has 2 N–H and O–H groups in total. The summed E-state index contributed by atoms with van der Waals surface area (Å²) in [5, 5.41) is 21.3. The molecular weight excluding hydrogens is 648 g/mol. The number of ketones is 2. The molecule has 0 saturated heterocycles. The molecule has 8 rings (SSSR count). The van der Waals surface area contributed by atoms with Gasteiger partial charge in [0.15, 0.2) is 17.2 Å². The van der Waals surface area contributed by atoms with Crippen LogP contribution >= 0.6 is 11.6 Å². The lowest BCUT2D eigenvalue weighted by Crippen LogP contribution is -2.58. The van der Waals surface area contributed by atoms with Crippen LogP contribution in [0.3, 0.4) is 0 Å². The first kappa shape index (κ1) is 35.5. The Morgan fingerprint density at radius 3 is 2.32 bits per heavy atom. The van der Waals surface area contributed by atoms with Crippen LogP contribution in [0.2, 0.25) is 0 Å². The van der Waals surface area contributed by atoms with Gasteiger partial charge in [-0.15, -0.1) is 6.42 Å². The first-order valence-corrected chi connectivity index (χ1v) is 19.3. The second-order valence-corrected chi connectivity index (χ2v) is 17.9. The maximum absolute atomic E-state index is 12.7. The molecule has 0 aliphatic heterocycles. The van der Waals surface area contributed by atoms with Gasteiger partial charge in [-0.2, -0.15) is 0 Å². The van der Waals surface area contributed by atoms with Crippen molar-refractivity contribution in [3.8, 4) is 18.1 Å². The minimum absolute atomic E-state index is 0.0490. The van der Waals surface area contributed by atoms with E-state index in [0.29, 0.717) is 47.3 Å². The topological polar surface area (TPSA) is 101 Å². The number of benzene rings is 1. The SMILES string of the molecule is C#C[C@]1(O)CC[C@H]2[C@@H]3CCc4cc(O)ccc4[C@H]3CC[C@@]21C.CC(=O)O[C@]1(C(C)=O)CC[C@H]2[C@@H]3C=C(Cl)C4=CC(=O)CC[C@]4(C)[C@H]3CC[C@@]21C. The van der Waals surface area contributed by atoms with Crippen LogP contribution in [0.1, 0.15) is 122 Å². The van der Waals surface area contributed by atoms with Crippen LogP contribution in [-0.2, 0) is 25.5 Å². The molecule has 0 spiro atoms. The highest BCUT2D eigenvalue weighted by molar-refractivity contribution is 6.32. The zero-order valence-corrected chi connectivity index (χ0v) is 31.1. The van der Waals surface area contributed by atoms with E-state index in [1.54, 1.807) is 13.0 Å². The van der Waals surface area contributed by atoms with E-state index in [1.165, 1.54) is 18.1 Å². The molecule has 4 saturated carbocycles. The standard InChI is InChI=1S/C23H29ClO4.C20H24O2/c1-13(25)23(28-14(2)26)10-7-18-16-12-20(24)19-11-15(27)5-8-21(19,3)17(16)6-9-22(18,23)4;1-3-20(22)11-9-18-17-6-4-13-12-14(21)5-7-15(13)16(17)8-10-19(18,20)2/h11-12,16-18H,5-10H2,1-4H3;1,5,7,12,16-18,21-22H,4,6,8-11H2,2H3/t16-,17+,18+,21-,22+,23+;16-,17-,18+,19+,20+/m11/s1. The van der Waals surface area contributed by atoms with Crippen molar-refractivity contribution in [3.63, 3.8) is 0 Å². The highest BCUT2D eigenvalue weighted by Gasteiger charge is 2.68. The minimum atomic E-state index is -1.03. The Morgan fingerprint density at radius 1 is 0.920 bits per heavy atom. The number of terminal acetylenes is 1. The normalized spacial score (nSPS) is 43.8. The monoisotopic (exact) mass is 700 g/mol. The van der Waals surface area contributed by atoms with Crippen LogP contribution in [0.4, 0.5) is 0 Å². The summed E-state index contributed by atoms with van der Waals surface area (Å²) in [4.78, 5) is 36.6. The predicted octanol–water partition coefficient (Wildman–Crippen LogP) is 8.36. The van der Waals surface area contributed by atoms with Crippen molar-refractivity contribution in [1.82, 2.24) is 0 Å². The number of allylic oxidation sites excluding steroid dienone is 4. The van der Waals surface area contributed by atoms with E-state index in [0.717, 1.165) is 69.8 Å². The number of ether oxygens (including phenoxy) is 1. The second kappa shape index (κ2) is 12.1. The molecule has 1 aromatic rings. The zero-order chi connectivity index (χ0) is 36.0. The Bertz CT molecular complexity index is 1740. The summed E-state index contributed by atoms with van der Waals surface area (Å²) in [5.74, 6) is 5.40. The number of Topliss-reactive ketones (excluding diaryl/α,β-unsaturated/α-hetero) is 1. The molecule has 1 aromatic carbocycles. The van der Waals surface area contributed by atoms with Gasteiger partial charge in [0.05, 0.1) is 0 Å². The number of aliphatic hydroxyl groups is 1. The first-order chi connectivity index (χ1) is 23.5. The number of phenolic OH excluding ortho intramolecular Hbond substituents is 1. The molecule has 268 valence electrons. The van der Waals surface area contributed by atoms with Gasteiger partial charge in [0.1, 0.15) is 11.4 Å². The number of hydrogen-bond donors (Lipinski definition) is 2. The van der Waals surface area contributed by atoms with Gasteiger partial charge >= 0.3 is 5.97 Å². The molecule has 0 unspecified atom stereocenters. The van der Waals surface area contributed by atoms with E-state index < -0.39 is 11.2 Å². The molecule has 4 fully saturated rings. The summed E-state index contributed by atoms with van der Waals surface area (Å²) in [6, 6.07) is 5.87. The molecule has 0 amide bonds. The molecule has 7 heteroatoms. The Hall–Kier alpha value is -2.88. The molecule has 7 aliphatic carbocycles. The van der Waals surface area contributed by atoms with Crippen LogP contribution in [0.15, 0.2) is 41.0 Å². The number of aryl methyl sites for hydroxylation is 1. The fourth-order valence-corrected chi connectivity index (χ4v) is 13.4. The van der Waals surface area contributed by atoms with Crippen LogP contribution in [-0.4, -0.2) is 39.0 Å². The Labute approximate surface area is 302 Å². The molecule has 7 aliphatic rings. The number of fused-ring (bicyclic) bond motifs is 10. The Kier molecular flexibility index (Phi) is 8.59. The summed E-state index contributed by atoms with van der Waals surface area (Å²) in [6.45, 7) is 9.54. The first-order valence-electron chi connectivity index (χ1n) is 18.9. The fraction of sp³-hybridized carbons (Fsp3) is 0.651. The smallest absolute Gasteiger partial charge is 0.303 e. The number of halogens is 1. The van der Waals surface area contributed by atoms with E-state index in [9.17, 15) is 24.6 Å². The van der Waals surface area contributed by atoms with Crippen molar-refractivity contribution in [3.05, 3.63) is 52.1 Å². The summed E-state index contributed by atoms with van der Waals surface area (Å²) in [6.07, 6.45) is 20.3. The largest absolute Gasteiger partial charge is 0.508 e. The number of carbonyl (C=O) groups excluding carboxylic acids is 3. The van der Waals surface area contributed by atoms with Crippen molar-refractivity contribution in [2.24, 2.45) is 45.8 Å². The van der Waals surface area contributed by atoms with Crippen LogP contribution in [0.25, 0.3) is 0 Å². The van der Waals surface area contributed by atoms with E-state index in [2.05, 4.69) is 38.8 Å². The minimum Gasteiger partial charge on any atom is -0.508 e. The van der Waals surface area contributed by atoms with Crippen molar-refractivity contribution in [2.45, 2.75) is 129 Å². The molecule has 50 heavy (non-hydrogen) atoms. The van der Waals surface area contributed by atoms with Crippen LogP contribution < -0.4 is 0 Å². The fourth-order valence-electron chi connectivity index (χ4n) is 13.0. The zero-order valence-electron chi connectivity index (χ0n) is 30.3. The van der Waals surface area contributed by atoms with Gasteiger partial charge in [-0.3, -0.25) is 14.4 Å². The average Bonchev–Trinajstić information content (AvgIpc) is 3.52. The van der Waals surface area contributed by atoms with Crippen molar-refractivity contribution < 1.29 is 29.3 Å². The Morgan fingerprint density at radius 2 is 1.62 bits per heavy atom. The second-order valence-electron chi connectivity index (χ2n) is 17.5. The van der Waals surface area contributed by atoms with E-state index in [-0.39, 0.29) is 45.6 Å². The highest BCUT2D eigenvalue weighted by Crippen LogP contribution is 2.68. The molecule has 0 radical (unpaired) electrons. The van der Waals surface area contributed by atoms with Gasteiger partial charge in [-0.05, 0) is 153 Å². The molecule has 6 nitrogen and oxygen atoms in total. The predicted molar refractivity (Wildman–Crippen MR) is 193 cm³/mol. The van der Waals surface area contributed by atoms with Gasteiger partial charge in [0.25, 0.3) is 0 Å². The van der Waals surface area contributed by atoms with Crippen LogP contribution in [0, 0.1) is 58.2 Å². The van der Waals surface area contributed by atoms with Crippen molar-refractivity contribution >= 4 is 29.1 Å². The third-order valence-corrected chi connectivity index (χ3v) is 16.0. The highest BCUT2D eigenvalue weighted by atomic mass is 35.5. The van der Waals surface area contributed by atoms with E-state index in [4.69, 9.17) is 22.8 Å². The number of aromatic hydroxyl groups is 1. The van der Waals surface area contributed by atoms with Gasteiger partial charge in [-0.25, -0.2) is 0 Å². The number of esters is 1. The van der Waals surface area contributed by atoms with Gasteiger partial charge in [0.2, 0.25) is 0 Å². The molecular formula is C43H53ClO6. The summed E-state index contributed by atoms with van der Waals surface area (Å²) >= 11 is 6.71. The lowest BCUT2D eigenvalue weighted by atomic mass is 9.48. The third-order valence-electron chi connectivity index (χ3n) is 15.7. The van der Waals surface area contributed by atoms with Gasteiger partial charge in [-0.1, -0.05) is 50.4 Å². The molecule has 0 bridgehead atoms. The number of phenols is 1. The molecule has 0 heterocycles. The van der Waals surface area contributed by atoms with Crippen LogP contribution in [0.5, 0.6) is 5.75 Å². The van der Waals surface area contributed by atoms with Crippen molar-refractivity contribution in [1.29, 1.82) is 0 Å². The number of rotatable bonds is 2. The lowest BCUT2D eigenvalue weighted by molar-refractivity contribution is -0.185. The number of hydrogen-bond acceptors (Lipinski definition) is 6. The summed E-state index contributed by atoms with van der Waals surface area (Å²) in [5.41, 5.74) is 1.16.